The summed E-state index contributed by atoms with van der Waals surface area (Å²) in [5.41, 5.74) is 3.86. The molecule has 3 N–H and O–H groups in total. The third-order valence-corrected chi connectivity index (χ3v) is 6.40. The van der Waals surface area contributed by atoms with Gasteiger partial charge in [-0.15, -0.1) is 0 Å². The SMILES string of the molecule is C[C@@H](NC(=O)c1nc(-c2ccccc2)n2c1CNCC2)C(C)(C)C.c1ncn2c1CNCC2. The van der Waals surface area contributed by atoms with Crippen LogP contribution in [-0.4, -0.2) is 44.1 Å². The first-order chi connectivity index (χ1) is 15.8. The van der Waals surface area contributed by atoms with Crippen molar-refractivity contribution in [2.24, 2.45) is 5.41 Å². The molecule has 1 aromatic carbocycles. The number of amides is 1. The lowest BCUT2D eigenvalue weighted by atomic mass is 9.88. The summed E-state index contributed by atoms with van der Waals surface area (Å²) in [7, 11) is 0. The van der Waals surface area contributed by atoms with E-state index in [4.69, 9.17) is 4.98 Å². The molecule has 3 aromatic rings. The molecule has 0 unspecified atom stereocenters. The van der Waals surface area contributed by atoms with Crippen LogP contribution in [0.25, 0.3) is 11.4 Å². The van der Waals surface area contributed by atoms with Crippen molar-refractivity contribution in [3.05, 3.63) is 59.9 Å². The molecule has 2 aliphatic heterocycles. The number of fused-ring (bicyclic) bond motifs is 2. The Bertz CT molecular complexity index is 1060. The van der Waals surface area contributed by atoms with E-state index in [1.165, 1.54) is 5.69 Å². The lowest BCUT2D eigenvalue weighted by Gasteiger charge is -2.28. The molecular formula is C25H35N7O. The van der Waals surface area contributed by atoms with Gasteiger partial charge in [0.1, 0.15) is 5.82 Å². The first-order valence-corrected chi connectivity index (χ1v) is 11.7. The van der Waals surface area contributed by atoms with Gasteiger partial charge in [-0.05, 0) is 12.3 Å². The van der Waals surface area contributed by atoms with Crippen molar-refractivity contribution in [1.82, 2.24) is 35.1 Å². The molecular weight excluding hydrogens is 414 g/mol. The van der Waals surface area contributed by atoms with Crippen LogP contribution in [0.5, 0.6) is 0 Å². The van der Waals surface area contributed by atoms with E-state index in [-0.39, 0.29) is 17.4 Å². The highest BCUT2D eigenvalue weighted by Crippen LogP contribution is 2.25. The van der Waals surface area contributed by atoms with Gasteiger partial charge in [0.05, 0.1) is 17.7 Å². The Morgan fingerprint density at radius 2 is 1.82 bits per heavy atom. The van der Waals surface area contributed by atoms with Crippen LogP contribution in [0.2, 0.25) is 0 Å². The molecule has 5 rings (SSSR count). The highest BCUT2D eigenvalue weighted by Gasteiger charge is 2.28. The van der Waals surface area contributed by atoms with Crippen LogP contribution in [0.1, 0.15) is 49.6 Å². The Morgan fingerprint density at radius 1 is 1.09 bits per heavy atom. The Balaban J connectivity index is 0.000000238. The van der Waals surface area contributed by atoms with Gasteiger partial charge < -0.3 is 25.1 Å². The minimum absolute atomic E-state index is 0.00989. The predicted molar refractivity (Wildman–Crippen MR) is 130 cm³/mol. The first kappa shape index (κ1) is 23.2. The zero-order valence-electron chi connectivity index (χ0n) is 20.1. The Kier molecular flexibility index (Phi) is 6.95. The van der Waals surface area contributed by atoms with Crippen molar-refractivity contribution < 1.29 is 4.79 Å². The van der Waals surface area contributed by atoms with Gasteiger partial charge in [-0.3, -0.25) is 4.79 Å². The number of hydrogen-bond acceptors (Lipinski definition) is 5. The normalized spacial score (nSPS) is 16.1. The number of rotatable bonds is 3. The molecule has 1 atom stereocenters. The molecule has 0 spiro atoms. The molecule has 2 aliphatic rings. The summed E-state index contributed by atoms with van der Waals surface area (Å²) in [5.74, 6) is 0.785. The van der Waals surface area contributed by atoms with E-state index in [9.17, 15) is 4.79 Å². The summed E-state index contributed by atoms with van der Waals surface area (Å²) in [5, 5.41) is 9.72. The van der Waals surface area contributed by atoms with E-state index in [2.05, 4.69) is 50.8 Å². The van der Waals surface area contributed by atoms with Gasteiger partial charge in [0.15, 0.2) is 5.69 Å². The Labute approximate surface area is 195 Å². The second-order valence-electron chi connectivity index (χ2n) is 9.74. The molecule has 0 saturated heterocycles. The van der Waals surface area contributed by atoms with E-state index >= 15 is 0 Å². The van der Waals surface area contributed by atoms with Gasteiger partial charge >= 0.3 is 0 Å². The number of imidazole rings is 2. The quantitative estimate of drug-likeness (QED) is 0.572. The summed E-state index contributed by atoms with van der Waals surface area (Å²) >= 11 is 0. The molecule has 0 aliphatic carbocycles. The van der Waals surface area contributed by atoms with Crippen molar-refractivity contribution in [1.29, 1.82) is 0 Å². The predicted octanol–water partition coefficient (Wildman–Crippen LogP) is 2.80. The molecule has 0 bridgehead atoms. The zero-order chi connectivity index (χ0) is 23.4. The van der Waals surface area contributed by atoms with Crippen molar-refractivity contribution >= 4 is 5.91 Å². The van der Waals surface area contributed by atoms with E-state index in [1.54, 1.807) is 0 Å². The second-order valence-corrected chi connectivity index (χ2v) is 9.74. The standard InChI is InChI=1S/C19H26N4O.C6H9N3/c1-13(19(2,3)4)21-18(24)16-15-12-20-10-11-23(15)17(22-16)14-8-6-5-7-9-14;1-2-9-5-8-4-6(9)3-7-1/h5-9,13,20H,10-12H2,1-4H3,(H,21,24);4-5,7H,1-3H2/t13-;/m1./s1. The van der Waals surface area contributed by atoms with Crippen molar-refractivity contribution in [2.75, 3.05) is 13.1 Å². The zero-order valence-corrected chi connectivity index (χ0v) is 20.1. The summed E-state index contributed by atoms with van der Waals surface area (Å²) in [4.78, 5) is 21.5. The number of carbonyl (C=O) groups excluding carboxylic acids is 1. The van der Waals surface area contributed by atoms with Crippen LogP contribution in [0.3, 0.4) is 0 Å². The lowest BCUT2D eigenvalue weighted by molar-refractivity contribution is 0.0904. The van der Waals surface area contributed by atoms with Crippen LogP contribution in [-0.2, 0) is 26.2 Å². The van der Waals surface area contributed by atoms with Gasteiger partial charge in [0, 0.05) is 57.1 Å². The van der Waals surface area contributed by atoms with E-state index in [0.29, 0.717) is 12.2 Å². The van der Waals surface area contributed by atoms with Crippen molar-refractivity contribution in [2.45, 2.75) is 59.9 Å². The molecule has 0 fully saturated rings. The fourth-order valence-electron chi connectivity index (χ4n) is 3.89. The molecule has 176 valence electrons. The van der Waals surface area contributed by atoms with Gasteiger partial charge in [0.25, 0.3) is 5.91 Å². The number of nitrogens with zero attached hydrogens (tertiary/aromatic N) is 4. The number of nitrogens with one attached hydrogen (secondary N) is 3. The highest BCUT2D eigenvalue weighted by atomic mass is 16.2. The van der Waals surface area contributed by atoms with Crippen LogP contribution in [0, 0.1) is 5.41 Å². The van der Waals surface area contributed by atoms with Crippen LogP contribution >= 0.6 is 0 Å². The number of carbonyl (C=O) groups is 1. The smallest absolute Gasteiger partial charge is 0.272 e. The number of aromatic nitrogens is 4. The maximum Gasteiger partial charge on any atom is 0.272 e. The second kappa shape index (κ2) is 9.89. The lowest BCUT2D eigenvalue weighted by Crippen LogP contribution is -2.42. The van der Waals surface area contributed by atoms with Gasteiger partial charge in [0.2, 0.25) is 0 Å². The summed E-state index contributed by atoms with van der Waals surface area (Å²) in [6, 6.07) is 10.1. The minimum atomic E-state index is -0.0907. The molecule has 8 heteroatoms. The molecule has 1 amide bonds. The van der Waals surface area contributed by atoms with E-state index in [1.807, 2.05) is 49.8 Å². The van der Waals surface area contributed by atoms with Gasteiger partial charge in [-0.25, -0.2) is 9.97 Å². The first-order valence-electron chi connectivity index (χ1n) is 11.7. The molecule has 33 heavy (non-hydrogen) atoms. The maximum atomic E-state index is 12.8. The Morgan fingerprint density at radius 3 is 2.55 bits per heavy atom. The summed E-state index contributed by atoms with van der Waals surface area (Å²) in [6.45, 7) is 13.9. The van der Waals surface area contributed by atoms with Crippen LogP contribution < -0.4 is 16.0 Å². The fourth-order valence-corrected chi connectivity index (χ4v) is 3.89. The molecule has 2 aromatic heterocycles. The third kappa shape index (κ3) is 5.34. The van der Waals surface area contributed by atoms with Crippen LogP contribution in [0.15, 0.2) is 42.9 Å². The maximum absolute atomic E-state index is 12.8. The van der Waals surface area contributed by atoms with Crippen molar-refractivity contribution in [3.8, 4) is 11.4 Å². The molecule has 0 saturated carbocycles. The summed E-state index contributed by atoms with van der Waals surface area (Å²) in [6.07, 6.45) is 3.79. The topological polar surface area (TPSA) is 88.8 Å². The highest BCUT2D eigenvalue weighted by molar-refractivity contribution is 5.94. The average molecular weight is 450 g/mol. The van der Waals surface area contributed by atoms with E-state index < -0.39 is 0 Å². The average Bonchev–Trinajstić information content (AvgIpc) is 3.44. The third-order valence-electron chi connectivity index (χ3n) is 6.40. The van der Waals surface area contributed by atoms with Crippen LogP contribution in [0.4, 0.5) is 0 Å². The summed E-state index contributed by atoms with van der Waals surface area (Å²) < 4.78 is 4.35. The number of hydrogen-bond donors (Lipinski definition) is 3. The van der Waals surface area contributed by atoms with Crippen molar-refractivity contribution in [3.63, 3.8) is 0 Å². The molecule has 4 heterocycles. The number of benzene rings is 1. The molecule has 8 nitrogen and oxygen atoms in total. The van der Waals surface area contributed by atoms with E-state index in [0.717, 1.165) is 49.8 Å². The fraction of sp³-hybridized carbons (Fsp3) is 0.480. The van der Waals surface area contributed by atoms with Gasteiger partial charge in [-0.2, -0.15) is 0 Å². The minimum Gasteiger partial charge on any atom is -0.348 e. The van der Waals surface area contributed by atoms with Gasteiger partial charge in [-0.1, -0.05) is 51.1 Å². The monoisotopic (exact) mass is 449 g/mol. The Hall–Kier alpha value is -2.97. The largest absolute Gasteiger partial charge is 0.348 e. The molecule has 0 radical (unpaired) electrons.